The van der Waals surface area contributed by atoms with E-state index in [0.717, 1.165) is 37.4 Å². The summed E-state index contributed by atoms with van der Waals surface area (Å²) in [4.78, 5) is 2.69. The molecule has 0 bridgehead atoms. The normalized spacial score (nSPS) is 44.6. The molecular weight excluding hydrogens is 200 g/mol. The zero-order chi connectivity index (χ0) is 11.1. The predicted octanol–water partition coefficient (Wildman–Crippen LogP) is 0.972. The molecule has 2 aliphatic carbocycles. The predicted molar refractivity (Wildman–Crippen MR) is 64.3 cm³/mol. The summed E-state index contributed by atoms with van der Waals surface area (Å²) in [6.07, 6.45) is 6.18. The number of aliphatic hydroxyl groups is 1. The van der Waals surface area contributed by atoms with Crippen LogP contribution in [-0.2, 0) is 0 Å². The van der Waals surface area contributed by atoms with Crippen LogP contribution in [0.4, 0.5) is 0 Å². The van der Waals surface area contributed by atoms with E-state index in [4.69, 9.17) is 0 Å². The molecule has 0 spiro atoms. The van der Waals surface area contributed by atoms with Crippen molar-refractivity contribution in [2.75, 3.05) is 13.1 Å². The molecule has 0 aromatic carbocycles. The zero-order valence-electron chi connectivity index (χ0n) is 10.2. The van der Waals surface area contributed by atoms with Crippen LogP contribution in [0.3, 0.4) is 0 Å². The third kappa shape index (κ3) is 2.27. The second-order valence-electron chi connectivity index (χ2n) is 6.11. The van der Waals surface area contributed by atoms with Gasteiger partial charge in [0.15, 0.2) is 0 Å². The average molecular weight is 224 g/mol. The number of likely N-dealkylation sites (tertiary alicyclic amines) is 1. The van der Waals surface area contributed by atoms with E-state index in [1.165, 1.54) is 25.8 Å². The molecule has 3 rings (SSSR count). The fourth-order valence-corrected chi connectivity index (χ4v) is 3.32. The third-order valence-electron chi connectivity index (χ3n) is 4.54. The van der Waals surface area contributed by atoms with Crippen LogP contribution < -0.4 is 5.32 Å². The Morgan fingerprint density at radius 3 is 2.62 bits per heavy atom. The molecule has 1 heterocycles. The maximum atomic E-state index is 9.24. The van der Waals surface area contributed by atoms with Gasteiger partial charge in [0.05, 0.1) is 6.10 Å². The van der Waals surface area contributed by atoms with Crippen molar-refractivity contribution in [2.24, 2.45) is 5.92 Å². The van der Waals surface area contributed by atoms with Crippen molar-refractivity contribution in [3.63, 3.8) is 0 Å². The SMILES string of the molecule is CC1CC(NCC2CC(O)C2)CN1C1CC1. The first-order valence-corrected chi connectivity index (χ1v) is 6.89. The fourth-order valence-electron chi connectivity index (χ4n) is 3.32. The van der Waals surface area contributed by atoms with E-state index in [9.17, 15) is 5.11 Å². The van der Waals surface area contributed by atoms with E-state index in [-0.39, 0.29) is 6.10 Å². The van der Waals surface area contributed by atoms with Crippen LogP contribution in [0.2, 0.25) is 0 Å². The van der Waals surface area contributed by atoms with Crippen LogP contribution in [0.1, 0.15) is 39.0 Å². The summed E-state index contributed by atoms with van der Waals surface area (Å²) in [5, 5.41) is 12.9. The standard InChI is InChI=1S/C13H24N2O/c1-9-4-11(8-15(9)12-2-3-12)14-7-10-5-13(16)6-10/h9-14,16H,2-8H2,1H3. The lowest BCUT2D eigenvalue weighted by Gasteiger charge is -2.32. The summed E-state index contributed by atoms with van der Waals surface area (Å²) in [5.74, 6) is 0.736. The van der Waals surface area contributed by atoms with Gasteiger partial charge in [-0.25, -0.2) is 0 Å². The Morgan fingerprint density at radius 2 is 2.00 bits per heavy atom. The molecule has 16 heavy (non-hydrogen) atoms. The molecule has 2 atom stereocenters. The Kier molecular flexibility index (Phi) is 2.94. The molecule has 0 aromatic heterocycles. The summed E-state index contributed by atoms with van der Waals surface area (Å²) in [7, 11) is 0. The minimum absolute atomic E-state index is 0.00253. The van der Waals surface area contributed by atoms with Crippen LogP contribution in [-0.4, -0.2) is 47.3 Å². The highest BCUT2D eigenvalue weighted by Gasteiger charge is 2.39. The van der Waals surface area contributed by atoms with Crippen molar-refractivity contribution >= 4 is 0 Å². The summed E-state index contributed by atoms with van der Waals surface area (Å²) in [5.41, 5.74) is 0. The first-order valence-electron chi connectivity index (χ1n) is 6.89. The molecule has 3 heteroatoms. The zero-order valence-corrected chi connectivity index (χ0v) is 10.2. The Balaban J connectivity index is 1.39. The van der Waals surface area contributed by atoms with E-state index < -0.39 is 0 Å². The second kappa shape index (κ2) is 4.28. The molecule has 1 aliphatic heterocycles. The van der Waals surface area contributed by atoms with Gasteiger partial charge < -0.3 is 10.4 Å². The first-order chi connectivity index (χ1) is 7.72. The lowest BCUT2D eigenvalue weighted by molar-refractivity contribution is 0.0419. The number of hydrogen-bond donors (Lipinski definition) is 2. The Morgan fingerprint density at radius 1 is 1.25 bits per heavy atom. The summed E-state index contributed by atoms with van der Waals surface area (Å²) < 4.78 is 0. The van der Waals surface area contributed by atoms with Crippen LogP contribution in [0.5, 0.6) is 0 Å². The van der Waals surface area contributed by atoms with Crippen molar-refractivity contribution in [1.82, 2.24) is 10.2 Å². The van der Waals surface area contributed by atoms with E-state index >= 15 is 0 Å². The van der Waals surface area contributed by atoms with Gasteiger partial charge in [0.1, 0.15) is 0 Å². The van der Waals surface area contributed by atoms with Crippen LogP contribution in [0.15, 0.2) is 0 Å². The minimum Gasteiger partial charge on any atom is -0.393 e. The number of nitrogens with one attached hydrogen (secondary N) is 1. The van der Waals surface area contributed by atoms with Crippen molar-refractivity contribution in [1.29, 1.82) is 0 Å². The van der Waals surface area contributed by atoms with Crippen molar-refractivity contribution in [3.05, 3.63) is 0 Å². The highest BCUT2D eigenvalue weighted by atomic mass is 16.3. The molecule has 0 amide bonds. The van der Waals surface area contributed by atoms with Gasteiger partial charge in [-0.1, -0.05) is 0 Å². The van der Waals surface area contributed by atoms with Crippen LogP contribution in [0, 0.1) is 5.92 Å². The molecule has 0 radical (unpaired) electrons. The van der Waals surface area contributed by atoms with Gasteiger partial charge in [0, 0.05) is 24.7 Å². The molecule has 2 saturated carbocycles. The minimum atomic E-state index is -0.00253. The molecule has 92 valence electrons. The highest BCUT2D eigenvalue weighted by molar-refractivity contribution is 4.96. The Hall–Kier alpha value is -0.120. The highest BCUT2D eigenvalue weighted by Crippen LogP contribution is 2.33. The van der Waals surface area contributed by atoms with Gasteiger partial charge in [-0.2, -0.15) is 0 Å². The van der Waals surface area contributed by atoms with Gasteiger partial charge in [0.25, 0.3) is 0 Å². The van der Waals surface area contributed by atoms with Gasteiger partial charge in [-0.05, 0) is 51.5 Å². The number of nitrogens with zero attached hydrogens (tertiary/aromatic N) is 1. The summed E-state index contributed by atoms with van der Waals surface area (Å²) in [6.45, 7) is 4.74. The number of hydrogen-bond acceptors (Lipinski definition) is 3. The largest absolute Gasteiger partial charge is 0.393 e. The van der Waals surface area contributed by atoms with Crippen LogP contribution >= 0.6 is 0 Å². The van der Waals surface area contributed by atoms with Crippen LogP contribution in [0.25, 0.3) is 0 Å². The Bertz CT molecular complexity index is 248. The van der Waals surface area contributed by atoms with Crippen molar-refractivity contribution < 1.29 is 5.11 Å². The van der Waals surface area contributed by atoms with E-state index in [0.29, 0.717) is 6.04 Å². The maximum absolute atomic E-state index is 9.24. The summed E-state index contributed by atoms with van der Waals surface area (Å²) in [6, 6.07) is 2.39. The molecule has 3 nitrogen and oxygen atoms in total. The topological polar surface area (TPSA) is 35.5 Å². The van der Waals surface area contributed by atoms with Gasteiger partial charge in [-0.15, -0.1) is 0 Å². The first kappa shape index (κ1) is 11.0. The number of aliphatic hydroxyl groups excluding tert-OH is 1. The van der Waals surface area contributed by atoms with E-state index in [2.05, 4.69) is 17.1 Å². The second-order valence-corrected chi connectivity index (χ2v) is 6.11. The van der Waals surface area contributed by atoms with Crippen molar-refractivity contribution in [3.8, 4) is 0 Å². The lowest BCUT2D eigenvalue weighted by Crippen LogP contribution is -2.41. The van der Waals surface area contributed by atoms with Gasteiger partial charge >= 0.3 is 0 Å². The average Bonchev–Trinajstić information content (AvgIpc) is 2.97. The summed E-state index contributed by atoms with van der Waals surface area (Å²) >= 11 is 0. The quantitative estimate of drug-likeness (QED) is 0.747. The lowest BCUT2D eigenvalue weighted by atomic mass is 9.82. The fraction of sp³-hybridized carbons (Fsp3) is 1.00. The monoisotopic (exact) mass is 224 g/mol. The van der Waals surface area contributed by atoms with E-state index in [1.807, 2.05) is 0 Å². The van der Waals surface area contributed by atoms with E-state index in [1.54, 1.807) is 0 Å². The molecule has 3 aliphatic rings. The molecular formula is C13H24N2O. The molecule has 2 unspecified atom stereocenters. The molecule has 0 aromatic rings. The molecule has 3 fully saturated rings. The Labute approximate surface area is 98.2 Å². The third-order valence-corrected chi connectivity index (χ3v) is 4.54. The maximum Gasteiger partial charge on any atom is 0.0546 e. The smallest absolute Gasteiger partial charge is 0.0546 e. The van der Waals surface area contributed by atoms with Crippen molar-refractivity contribution in [2.45, 2.75) is 63.3 Å². The number of rotatable bonds is 4. The van der Waals surface area contributed by atoms with Gasteiger partial charge in [0.2, 0.25) is 0 Å². The van der Waals surface area contributed by atoms with Gasteiger partial charge in [-0.3, -0.25) is 4.90 Å². The molecule has 1 saturated heterocycles. The molecule has 2 N–H and O–H groups in total.